The van der Waals surface area contributed by atoms with Gasteiger partial charge in [-0.25, -0.2) is 0 Å². The lowest BCUT2D eigenvalue weighted by molar-refractivity contribution is 0.0807. The standard InChI is InChI=1S/C17H26O3.C17H26O2.C16H25NO3.CH4/c1-2-5-17(19)14-7-4-9-16(11-14)20-12-13-6-3-8-15(18)10-13;1-2-7-17(18)15-10-6-11-16(12-15)19-13-14-8-4-3-5-9-14;17-8-7-16(19)13-4-2-6-15(10-13)20-11-12-3-1-5-14(18)9-12;/h4,7,9,11,13,15,17-19H,2-3,5-6,8,10,12H2,1H3;6,10-12,14,17-18H,2-5,7-9,13H2,1H3;2,4,6,10,12,14,16,18-19H,1,3,5,7-9,11,17H2;1H4/t13-,15+,17+;;12-,14+,16-;/m0.1./s1. The zero-order valence-electron chi connectivity index (χ0n) is 36.1. The van der Waals surface area contributed by atoms with E-state index in [0.717, 1.165) is 124 Å². The first-order chi connectivity index (χ1) is 28.7. The number of hydrogen-bond acceptors (Lipinski definition) is 9. The first kappa shape index (κ1) is 51.2. The average molecular weight is 836 g/mol. The van der Waals surface area contributed by atoms with Gasteiger partial charge in [-0.15, -0.1) is 0 Å². The van der Waals surface area contributed by atoms with E-state index >= 15 is 0 Å². The van der Waals surface area contributed by atoms with Crippen LogP contribution in [0.2, 0.25) is 0 Å². The van der Waals surface area contributed by atoms with Crippen molar-refractivity contribution in [2.75, 3.05) is 26.4 Å². The molecule has 6 rings (SSSR count). The molecular weight excluding hydrogens is 755 g/mol. The van der Waals surface area contributed by atoms with Crippen LogP contribution < -0.4 is 19.9 Å². The SMILES string of the molecule is C.CCCC(O)c1cccc(OCC2CCCCC2)c1.CCC[C@@H](O)c1cccc(OC[C@H]2CCC[C@@H](O)C2)c1.NCC[C@@H](O)c1cccc(OC[C@@H]2CCC[C@H](O)C2)c1. The van der Waals surface area contributed by atoms with Crippen molar-refractivity contribution in [2.24, 2.45) is 23.5 Å². The molecule has 3 aliphatic rings. The molecule has 0 saturated heterocycles. The summed E-state index contributed by atoms with van der Waals surface area (Å²) in [6, 6.07) is 23.2. The van der Waals surface area contributed by atoms with Crippen LogP contribution in [0, 0.1) is 17.8 Å². The summed E-state index contributed by atoms with van der Waals surface area (Å²) in [5.41, 5.74) is 8.20. The van der Waals surface area contributed by atoms with Gasteiger partial charge in [0.25, 0.3) is 0 Å². The van der Waals surface area contributed by atoms with Crippen LogP contribution in [0.1, 0.15) is 172 Å². The third-order valence-electron chi connectivity index (χ3n) is 12.0. The summed E-state index contributed by atoms with van der Waals surface area (Å²) in [5, 5.41) is 49.3. The second-order valence-electron chi connectivity index (χ2n) is 17.2. The molecule has 7 N–H and O–H groups in total. The summed E-state index contributed by atoms with van der Waals surface area (Å²) in [6.07, 6.45) is 17.1. The first-order valence-electron chi connectivity index (χ1n) is 23.0. The molecule has 0 bridgehead atoms. The smallest absolute Gasteiger partial charge is 0.119 e. The molecule has 1 unspecified atom stereocenters. The van der Waals surface area contributed by atoms with Crippen molar-refractivity contribution in [2.45, 2.75) is 167 Å². The molecule has 0 spiro atoms. The van der Waals surface area contributed by atoms with Crippen molar-refractivity contribution < 1.29 is 39.7 Å². The Labute approximate surface area is 362 Å². The first-order valence-corrected chi connectivity index (χ1v) is 23.0. The molecule has 60 heavy (non-hydrogen) atoms. The largest absolute Gasteiger partial charge is 0.493 e. The normalized spacial score (nSPS) is 22.0. The van der Waals surface area contributed by atoms with E-state index in [4.69, 9.17) is 19.9 Å². The fraction of sp³-hybridized carbons (Fsp3) is 0.647. The maximum absolute atomic E-state index is 10.0. The Bertz CT molecular complexity index is 1470. The lowest BCUT2D eigenvalue weighted by Gasteiger charge is -2.25. The summed E-state index contributed by atoms with van der Waals surface area (Å²) in [4.78, 5) is 0. The molecule has 3 fully saturated rings. The molecule has 0 aromatic heterocycles. The number of ether oxygens (including phenoxy) is 3. The highest BCUT2D eigenvalue weighted by atomic mass is 16.5. The molecule has 9 nitrogen and oxygen atoms in total. The molecule has 9 heteroatoms. The Hall–Kier alpha value is -3.18. The quantitative estimate of drug-likeness (QED) is 0.0735. The van der Waals surface area contributed by atoms with Crippen molar-refractivity contribution in [1.82, 2.24) is 0 Å². The van der Waals surface area contributed by atoms with Gasteiger partial charge in [-0.3, -0.25) is 0 Å². The van der Waals surface area contributed by atoms with Crippen molar-refractivity contribution in [3.8, 4) is 17.2 Å². The molecule has 0 aliphatic heterocycles. The van der Waals surface area contributed by atoms with Crippen LogP contribution in [-0.2, 0) is 0 Å². The fourth-order valence-corrected chi connectivity index (χ4v) is 8.46. The van der Waals surface area contributed by atoms with Gasteiger partial charge in [0, 0.05) is 0 Å². The van der Waals surface area contributed by atoms with E-state index in [1.54, 1.807) is 0 Å². The fourth-order valence-electron chi connectivity index (χ4n) is 8.46. The van der Waals surface area contributed by atoms with Crippen LogP contribution in [0.25, 0.3) is 0 Å². The molecule has 3 saturated carbocycles. The molecule has 7 atom stereocenters. The maximum Gasteiger partial charge on any atom is 0.119 e. The second-order valence-corrected chi connectivity index (χ2v) is 17.2. The van der Waals surface area contributed by atoms with Gasteiger partial charge < -0.3 is 45.5 Å². The maximum atomic E-state index is 10.0. The summed E-state index contributed by atoms with van der Waals surface area (Å²) in [5.74, 6) is 4.09. The van der Waals surface area contributed by atoms with Gasteiger partial charge in [-0.05, 0) is 148 Å². The van der Waals surface area contributed by atoms with Gasteiger partial charge in [0.15, 0.2) is 0 Å². The number of rotatable bonds is 18. The highest BCUT2D eigenvalue weighted by Crippen LogP contribution is 2.30. The molecule has 338 valence electrons. The zero-order valence-corrected chi connectivity index (χ0v) is 36.1. The molecule has 0 amide bonds. The molecule has 0 radical (unpaired) electrons. The van der Waals surface area contributed by atoms with Crippen LogP contribution in [0.5, 0.6) is 17.2 Å². The van der Waals surface area contributed by atoms with Gasteiger partial charge in [-0.2, -0.15) is 0 Å². The van der Waals surface area contributed by atoms with Crippen LogP contribution >= 0.6 is 0 Å². The average Bonchev–Trinajstić information content (AvgIpc) is 3.26. The molecular formula is C51H81NO8. The monoisotopic (exact) mass is 836 g/mol. The Morgan fingerprint density at radius 3 is 1.25 bits per heavy atom. The van der Waals surface area contributed by atoms with Crippen LogP contribution in [0.3, 0.4) is 0 Å². The summed E-state index contributed by atoms with van der Waals surface area (Å²) in [6.45, 7) is 6.74. The third-order valence-corrected chi connectivity index (χ3v) is 12.0. The van der Waals surface area contributed by atoms with Gasteiger partial charge in [0.05, 0.1) is 50.3 Å². The predicted molar refractivity (Wildman–Crippen MR) is 243 cm³/mol. The van der Waals surface area contributed by atoms with E-state index in [2.05, 4.69) is 13.8 Å². The Morgan fingerprint density at radius 2 is 0.883 bits per heavy atom. The Kier molecular flexibility index (Phi) is 24.9. The van der Waals surface area contributed by atoms with Crippen LogP contribution in [-0.4, -0.2) is 64.1 Å². The van der Waals surface area contributed by atoms with Gasteiger partial charge in [0.1, 0.15) is 17.2 Å². The third kappa shape index (κ3) is 19.3. The molecule has 3 aromatic carbocycles. The van der Waals surface area contributed by atoms with Crippen molar-refractivity contribution in [1.29, 1.82) is 0 Å². The number of aliphatic hydroxyl groups excluding tert-OH is 5. The minimum atomic E-state index is -0.528. The van der Waals surface area contributed by atoms with Crippen LogP contribution in [0.15, 0.2) is 72.8 Å². The highest BCUT2D eigenvalue weighted by Gasteiger charge is 2.22. The van der Waals surface area contributed by atoms with E-state index < -0.39 is 12.2 Å². The minimum Gasteiger partial charge on any atom is -0.493 e. The van der Waals surface area contributed by atoms with E-state index in [-0.39, 0.29) is 25.7 Å². The summed E-state index contributed by atoms with van der Waals surface area (Å²) in [7, 11) is 0. The summed E-state index contributed by atoms with van der Waals surface area (Å²) >= 11 is 0. The lowest BCUT2D eigenvalue weighted by atomic mass is 9.88. The number of aliphatic hydroxyl groups is 5. The van der Waals surface area contributed by atoms with E-state index in [0.29, 0.717) is 38.0 Å². The minimum absolute atomic E-state index is 0. The van der Waals surface area contributed by atoms with E-state index in [9.17, 15) is 25.5 Å². The topological polar surface area (TPSA) is 155 Å². The predicted octanol–water partition coefficient (Wildman–Crippen LogP) is 10.6. The van der Waals surface area contributed by atoms with Crippen LogP contribution in [0.4, 0.5) is 0 Å². The zero-order chi connectivity index (χ0) is 42.2. The van der Waals surface area contributed by atoms with Crippen molar-refractivity contribution >= 4 is 0 Å². The molecule has 3 aromatic rings. The van der Waals surface area contributed by atoms with Crippen molar-refractivity contribution in [3.63, 3.8) is 0 Å². The Balaban J connectivity index is 0.000000238. The van der Waals surface area contributed by atoms with E-state index in [1.807, 2.05) is 72.8 Å². The summed E-state index contributed by atoms with van der Waals surface area (Å²) < 4.78 is 17.6. The Morgan fingerprint density at radius 1 is 0.517 bits per heavy atom. The lowest BCUT2D eigenvalue weighted by Crippen LogP contribution is -2.24. The number of nitrogens with two attached hydrogens (primary N) is 1. The molecule has 3 aliphatic carbocycles. The van der Waals surface area contributed by atoms with Gasteiger partial charge in [-0.1, -0.05) is 103 Å². The van der Waals surface area contributed by atoms with E-state index in [1.165, 1.54) is 32.1 Å². The number of benzene rings is 3. The van der Waals surface area contributed by atoms with Crippen molar-refractivity contribution in [3.05, 3.63) is 89.5 Å². The van der Waals surface area contributed by atoms with Gasteiger partial charge in [0.2, 0.25) is 0 Å². The van der Waals surface area contributed by atoms with Gasteiger partial charge >= 0.3 is 0 Å². The second kappa shape index (κ2) is 29.2. The highest BCUT2D eigenvalue weighted by molar-refractivity contribution is 5.31. The molecule has 0 heterocycles. The number of hydrogen-bond donors (Lipinski definition) is 6.